The van der Waals surface area contributed by atoms with E-state index in [0.29, 0.717) is 0 Å². The van der Waals surface area contributed by atoms with E-state index in [9.17, 15) is 0 Å². The lowest BCUT2D eigenvalue weighted by Crippen LogP contribution is -1.82. The molecule has 0 nitrogen and oxygen atoms in total. The van der Waals surface area contributed by atoms with Crippen LogP contribution in [0.3, 0.4) is 0 Å². The quantitative estimate of drug-likeness (QED) is 0.0535. The van der Waals surface area contributed by atoms with Gasteiger partial charge in [-0.3, -0.25) is 0 Å². The van der Waals surface area contributed by atoms with Gasteiger partial charge < -0.3 is 0 Å². The number of hydrogen-bond acceptors (Lipinski definition) is 18. The van der Waals surface area contributed by atoms with Crippen molar-refractivity contribution in [3.05, 3.63) is 246 Å². The maximum atomic E-state index is 2.45. The summed E-state index contributed by atoms with van der Waals surface area (Å²) < 4.78 is 0. The zero-order valence-electron chi connectivity index (χ0n) is 62.9. The summed E-state index contributed by atoms with van der Waals surface area (Å²) in [6.45, 7) is 22.6. The van der Waals surface area contributed by atoms with E-state index in [-0.39, 0.29) is 0 Å². The van der Waals surface area contributed by atoms with Crippen LogP contribution in [0.15, 0.2) is 193 Å². The van der Waals surface area contributed by atoms with E-state index in [4.69, 9.17) is 0 Å². The van der Waals surface area contributed by atoms with Gasteiger partial charge in [0.15, 0.2) is 0 Å². The van der Waals surface area contributed by atoms with E-state index < -0.39 is 0 Å². The average Bonchev–Trinajstić information content (AvgIpc) is 1.64. The summed E-state index contributed by atoms with van der Waals surface area (Å²) >= 11 is 34.8. The van der Waals surface area contributed by atoms with Crippen molar-refractivity contribution < 1.29 is 0 Å². The molecule has 18 heterocycles. The summed E-state index contributed by atoms with van der Waals surface area (Å²) in [4.78, 5) is 47.9. The Balaban J connectivity index is 0.000000126. The predicted octanol–water partition coefficient (Wildman–Crippen LogP) is 36.8. The van der Waals surface area contributed by atoms with E-state index in [1.54, 1.807) is 0 Å². The van der Waals surface area contributed by atoms with Gasteiger partial charge in [0.25, 0.3) is 0 Å². The summed E-state index contributed by atoms with van der Waals surface area (Å²) in [6.07, 6.45) is 10.8. The molecule has 0 N–H and O–H groups in total. The van der Waals surface area contributed by atoms with Crippen molar-refractivity contribution in [2.24, 2.45) is 0 Å². The molecule has 18 aromatic heterocycles. The summed E-state index contributed by atoms with van der Waals surface area (Å²) in [7, 11) is 0. The minimum absolute atomic E-state index is 1.06. The molecule has 18 rings (SSSR count). The fraction of sp³-hybridized carbons (Fsp3) is 0.217. The maximum Gasteiger partial charge on any atom is 0.0484 e. The number of thiophene rings is 18. The molecule has 0 saturated carbocycles. The smallest absolute Gasteiger partial charge is 0.0484 e. The molecule has 18 aromatic rings. The fourth-order valence-corrected chi connectivity index (χ4v) is 33.8. The number of aryl methyl sites for hydroxylation is 10. The van der Waals surface area contributed by atoms with Gasteiger partial charge in [-0.15, -0.1) is 204 Å². The van der Waals surface area contributed by atoms with Crippen molar-refractivity contribution in [1.29, 1.82) is 0 Å². The van der Waals surface area contributed by atoms with Crippen molar-refractivity contribution in [3.8, 4) is 146 Å². The van der Waals surface area contributed by atoms with Crippen molar-refractivity contribution in [2.45, 2.75) is 133 Å². The second-order valence-electron chi connectivity index (χ2n) is 26.3. The Morgan fingerprint density at radius 1 is 0.155 bits per heavy atom. The van der Waals surface area contributed by atoms with Crippen molar-refractivity contribution in [2.75, 3.05) is 0 Å². The molecule has 0 aliphatic rings. The normalized spacial score (nSPS) is 11.5. The molecule has 0 saturated heterocycles. The van der Waals surface area contributed by atoms with Crippen LogP contribution >= 0.6 is 204 Å². The van der Waals surface area contributed by atoms with Gasteiger partial charge in [0.1, 0.15) is 0 Å². The third kappa shape index (κ3) is 16.9. The molecule has 0 bridgehead atoms. The highest BCUT2D eigenvalue weighted by atomic mass is 32.2. The molecule has 18 heteroatoms. The third-order valence-electron chi connectivity index (χ3n) is 19.4. The van der Waals surface area contributed by atoms with Crippen molar-refractivity contribution in [3.63, 3.8) is 0 Å². The van der Waals surface area contributed by atoms with E-state index in [1.807, 2.05) is 204 Å². The van der Waals surface area contributed by atoms with Gasteiger partial charge in [-0.2, -0.15) is 0 Å². The molecule has 558 valence electrons. The molecular formula is C92H82S18. The standard InChI is InChI=1S/2C32H30S6.C28H22S6/c1-5-19-17-29(25-11-9-21(7-3)33-25)37-31(19)27-15-13-23(35-27)24-14-16-28(36-24)32-20(6-2)18-30(38-32)26-12-10-22(8-4)34-26;1-5-19-17-29(27-15-13-25(35-27)23-11-9-21(7-3)33-23)37-31(19)32-20(6-2)18-30(38-32)28-16-14-26(36-28)24-12-10-22(8-4)34-24;1-3-17-15-25(19-7-5-13-29-19)33-27(17)23-11-9-21(31-23)22-10-12-24(32-22)28-18(4-2)16-26(34-28)20-8-6-14-30-20/h2*9-18H,5-8H2,1-4H3;5-16H,3-4H2,1-2H3. The Bertz CT molecular complexity index is 5660. The van der Waals surface area contributed by atoms with E-state index in [1.165, 1.54) is 199 Å². The summed E-state index contributed by atoms with van der Waals surface area (Å²) in [5, 5.41) is 4.33. The Morgan fingerprint density at radius 3 is 0.555 bits per heavy atom. The van der Waals surface area contributed by atoms with Gasteiger partial charge in [0.05, 0.1) is 0 Å². The molecule has 110 heavy (non-hydrogen) atoms. The molecule has 0 aliphatic carbocycles. The van der Waals surface area contributed by atoms with Crippen LogP contribution in [0.25, 0.3) is 146 Å². The fourth-order valence-electron chi connectivity index (χ4n) is 13.3. The lowest BCUT2D eigenvalue weighted by Gasteiger charge is -2.01. The minimum atomic E-state index is 1.06. The topological polar surface area (TPSA) is 0 Å². The van der Waals surface area contributed by atoms with Crippen LogP contribution in [0.1, 0.15) is 122 Å². The lowest BCUT2D eigenvalue weighted by molar-refractivity contribution is 1.14. The Morgan fingerprint density at radius 2 is 0.336 bits per heavy atom. The first-order valence-electron chi connectivity index (χ1n) is 37.7. The zero-order chi connectivity index (χ0) is 75.5. The lowest BCUT2D eigenvalue weighted by atomic mass is 10.1. The number of rotatable bonds is 25. The first-order chi connectivity index (χ1) is 53.9. The largest absolute Gasteiger partial charge is 0.143 e. The molecule has 0 aliphatic heterocycles. The molecule has 0 unspecified atom stereocenters. The molecule has 0 spiro atoms. The van der Waals surface area contributed by atoms with Gasteiger partial charge in [0.2, 0.25) is 0 Å². The molecular weight excluding hydrogens is 1680 g/mol. The van der Waals surface area contributed by atoms with Gasteiger partial charge in [0, 0.05) is 166 Å². The van der Waals surface area contributed by atoms with E-state index in [2.05, 4.69) is 262 Å². The van der Waals surface area contributed by atoms with Crippen molar-refractivity contribution in [1.82, 2.24) is 0 Å². The van der Waals surface area contributed by atoms with Gasteiger partial charge in [-0.05, 0) is 278 Å². The predicted molar refractivity (Wildman–Crippen MR) is 516 cm³/mol. The van der Waals surface area contributed by atoms with Crippen LogP contribution in [0.5, 0.6) is 0 Å². The van der Waals surface area contributed by atoms with Gasteiger partial charge in [-0.25, -0.2) is 0 Å². The molecule has 0 aromatic carbocycles. The maximum absolute atomic E-state index is 2.45. The molecule has 0 radical (unpaired) electrons. The summed E-state index contributed by atoms with van der Waals surface area (Å²) in [5.41, 5.74) is 8.81. The van der Waals surface area contributed by atoms with Crippen molar-refractivity contribution >= 4 is 204 Å². The second kappa shape index (κ2) is 35.8. The second-order valence-corrected chi connectivity index (χ2v) is 45.7. The number of hydrogen-bond donors (Lipinski definition) is 0. The zero-order valence-corrected chi connectivity index (χ0v) is 77.6. The minimum Gasteiger partial charge on any atom is -0.143 e. The monoisotopic (exact) mass is 1760 g/mol. The highest BCUT2D eigenvalue weighted by Crippen LogP contribution is 2.54. The highest BCUT2D eigenvalue weighted by molar-refractivity contribution is 7.33. The molecule has 0 amide bonds. The Labute approximate surface area is 720 Å². The van der Waals surface area contributed by atoms with Gasteiger partial charge in [-0.1, -0.05) is 81.4 Å². The summed E-state index contributed by atoms with van der Waals surface area (Å²) in [5.74, 6) is 0. The van der Waals surface area contributed by atoms with Crippen LogP contribution in [-0.4, -0.2) is 0 Å². The first kappa shape index (κ1) is 78.5. The molecule has 0 atom stereocenters. The molecule has 0 fully saturated rings. The van der Waals surface area contributed by atoms with Crippen LogP contribution < -0.4 is 0 Å². The third-order valence-corrected chi connectivity index (χ3v) is 42.5. The van der Waals surface area contributed by atoms with Crippen LogP contribution in [0.2, 0.25) is 0 Å². The van der Waals surface area contributed by atoms with E-state index >= 15 is 0 Å². The Kier molecular flexibility index (Phi) is 25.5. The average molecular weight is 1760 g/mol. The highest BCUT2D eigenvalue weighted by Gasteiger charge is 2.24. The van der Waals surface area contributed by atoms with Crippen LogP contribution in [0.4, 0.5) is 0 Å². The van der Waals surface area contributed by atoms with Gasteiger partial charge >= 0.3 is 0 Å². The van der Waals surface area contributed by atoms with Crippen LogP contribution in [-0.2, 0) is 64.2 Å². The van der Waals surface area contributed by atoms with E-state index in [0.717, 1.165) is 64.2 Å². The SMILES string of the molecule is CCc1cc(-c2cccs2)sc1-c1ccc(-c2ccc(-c3sc(-c4cccs4)cc3CC)s2)s1.CCc1ccc(-c2cc(CC)c(-c3ccc(-c4ccc(-c5sc(-c6ccc(CC)s6)cc5CC)s4)s3)s2)s1.CCc1ccc(-c2ccc(-c3cc(CC)c(-c4sc(-c5ccc(-c6ccc(CC)s6)s5)cc4CC)s3)s2)s1. The summed E-state index contributed by atoms with van der Waals surface area (Å²) in [6, 6.07) is 69.4. The first-order valence-corrected chi connectivity index (χ1v) is 52.6. The van der Waals surface area contributed by atoms with Crippen LogP contribution in [0, 0.1) is 0 Å². The Hall–Kier alpha value is -5.40.